The van der Waals surface area contributed by atoms with Gasteiger partial charge in [-0.25, -0.2) is 0 Å². The predicted octanol–water partition coefficient (Wildman–Crippen LogP) is 4.35. The number of carbonyl (C=O) groups is 4. The summed E-state index contributed by atoms with van der Waals surface area (Å²) in [6, 6.07) is 14.4. The van der Waals surface area contributed by atoms with Crippen LogP contribution in [0.1, 0.15) is 11.1 Å². The number of imide groups is 2. The topological polar surface area (TPSA) is 111 Å². The average molecular weight is 495 g/mol. The van der Waals surface area contributed by atoms with Crippen molar-refractivity contribution in [2.24, 2.45) is 0 Å². The lowest BCUT2D eigenvalue weighted by molar-refractivity contribution is -0.116. The maximum absolute atomic E-state index is 11.8. The number of nitrogens with one attached hydrogen (secondary N) is 2. The van der Waals surface area contributed by atoms with Crippen molar-refractivity contribution in [1.82, 2.24) is 10.6 Å². The first kappa shape index (κ1) is 23.4. The van der Waals surface area contributed by atoms with Gasteiger partial charge >= 0.3 is 0 Å². The summed E-state index contributed by atoms with van der Waals surface area (Å²) < 4.78 is 11.6. The lowest BCUT2D eigenvalue weighted by Crippen LogP contribution is -2.17. The Labute approximate surface area is 203 Å². The lowest BCUT2D eigenvalue weighted by atomic mass is 10.2. The highest BCUT2D eigenvalue weighted by molar-refractivity contribution is 8.18. The van der Waals surface area contributed by atoms with Crippen molar-refractivity contribution < 1.29 is 28.7 Å². The number of hydrogen-bond acceptors (Lipinski definition) is 8. The van der Waals surface area contributed by atoms with E-state index in [2.05, 4.69) is 10.6 Å². The quantitative estimate of drug-likeness (QED) is 0.412. The molecule has 0 bridgehead atoms. The second kappa shape index (κ2) is 10.9. The van der Waals surface area contributed by atoms with Gasteiger partial charge in [0.15, 0.2) is 0 Å². The van der Waals surface area contributed by atoms with Crippen LogP contribution in [0.2, 0.25) is 0 Å². The molecule has 0 spiro atoms. The summed E-state index contributed by atoms with van der Waals surface area (Å²) in [7, 11) is 0. The van der Waals surface area contributed by atoms with Crippen molar-refractivity contribution in [3.63, 3.8) is 0 Å². The van der Waals surface area contributed by atoms with Gasteiger partial charge in [0.05, 0.1) is 9.81 Å². The van der Waals surface area contributed by atoms with E-state index < -0.39 is 22.3 Å². The molecule has 0 unspecified atom stereocenters. The fourth-order valence-electron chi connectivity index (χ4n) is 3.00. The van der Waals surface area contributed by atoms with E-state index in [4.69, 9.17) is 9.47 Å². The Morgan fingerprint density at radius 2 is 1.06 bits per heavy atom. The van der Waals surface area contributed by atoms with Crippen LogP contribution in [-0.4, -0.2) is 35.5 Å². The van der Waals surface area contributed by atoms with Gasteiger partial charge in [0.2, 0.25) is 0 Å². The largest absolute Gasteiger partial charge is 0.489 e. The van der Waals surface area contributed by atoms with E-state index in [1.54, 1.807) is 48.6 Å². The van der Waals surface area contributed by atoms with Gasteiger partial charge in [0.1, 0.15) is 24.7 Å². The zero-order valence-electron chi connectivity index (χ0n) is 17.6. The van der Waals surface area contributed by atoms with Crippen LogP contribution >= 0.6 is 23.5 Å². The number of benzene rings is 2. The molecule has 2 N–H and O–H groups in total. The summed E-state index contributed by atoms with van der Waals surface area (Å²) >= 11 is 1.70. The molecule has 34 heavy (non-hydrogen) atoms. The number of carbonyl (C=O) groups excluding carboxylic acids is 4. The molecule has 2 aliphatic rings. The summed E-state index contributed by atoms with van der Waals surface area (Å²) in [5.41, 5.74) is 1.38. The van der Waals surface area contributed by atoms with Crippen LogP contribution in [0.5, 0.6) is 11.5 Å². The number of para-hydroxylation sites is 2. The molecule has 0 atom stereocenters. The van der Waals surface area contributed by atoms with Crippen molar-refractivity contribution >= 4 is 58.0 Å². The molecule has 0 aliphatic carbocycles. The lowest BCUT2D eigenvalue weighted by Gasteiger charge is -2.08. The first-order valence-corrected chi connectivity index (χ1v) is 11.7. The molecule has 2 aromatic rings. The minimum absolute atomic E-state index is 0.270. The summed E-state index contributed by atoms with van der Waals surface area (Å²) in [4.78, 5) is 46.9. The number of amides is 4. The molecule has 0 aromatic heterocycles. The van der Waals surface area contributed by atoms with Gasteiger partial charge in [-0.15, -0.1) is 0 Å². The van der Waals surface area contributed by atoms with E-state index in [1.165, 1.54) is 0 Å². The third-order valence-electron chi connectivity index (χ3n) is 4.53. The van der Waals surface area contributed by atoms with E-state index >= 15 is 0 Å². The predicted molar refractivity (Wildman–Crippen MR) is 131 cm³/mol. The highest BCUT2D eigenvalue weighted by atomic mass is 32.2. The molecule has 4 rings (SSSR count). The highest BCUT2D eigenvalue weighted by Crippen LogP contribution is 2.30. The SMILES string of the molecule is O=C1NC(=O)C(=Cc2ccccc2OCC=CCOc2ccccc2C=C2SC(=O)NC2=O)S1. The van der Waals surface area contributed by atoms with Gasteiger partial charge in [-0.05, 0) is 60.0 Å². The second-order valence-corrected chi connectivity index (χ2v) is 8.90. The van der Waals surface area contributed by atoms with Crippen molar-refractivity contribution in [1.29, 1.82) is 0 Å². The smallest absolute Gasteiger partial charge is 0.290 e. The summed E-state index contributed by atoms with van der Waals surface area (Å²) in [6.07, 6.45) is 6.83. The van der Waals surface area contributed by atoms with Crippen molar-refractivity contribution in [3.05, 3.63) is 81.6 Å². The molecule has 172 valence electrons. The number of hydrogen-bond donors (Lipinski definition) is 2. The van der Waals surface area contributed by atoms with E-state index in [-0.39, 0.29) is 13.2 Å². The zero-order valence-corrected chi connectivity index (χ0v) is 19.2. The Balaban J connectivity index is 1.32. The maximum Gasteiger partial charge on any atom is 0.290 e. The maximum atomic E-state index is 11.8. The van der Waals surface area contributed by atoms with Crippen LogP contribution in [0.3, 0.4) is 0 Å². The van der Waals surface area contributed by atoms with Crippen molar-refractivity contribution in [3.8, 4) is 11.5 Å². The molecule has 2 heterocycles. The van der Waals surface area contributed by atoms with E-state index in [0.717, 1.165) is 23.5 Å². The zero-order chi connectivity index (χ0) is 23.9. The van der Waals surface area contributed by atoms with Crippen LogP contribution in [0.4, 0.5) is 9.59 Å². The van der Waals surface area contributed by atoms with E-state index in [1.807, 2.05) is 24.3 Å². The van der Waals surface area contributed by atoms with Gasteiger partial charge in [-0.1, -0.05) is 36.4 Å². The van der Waals surface area contributed by atoms with Gasteiger partial charge < -0.3 is 9.47 Å². The molecule has 2 saturated heterocycles. The van der Waals surface area contributed by atoms with Crippen LogP contribution in [0, 0.1) is 0 Å². The van der Waals surface area contributed by atoms with Crippen molar-refractivity contribution in [2.75, 3.05) is 13.2 Å². The fourth-order valence-corrected chi connectivity index (χ4v) is 4.35. The van der Waals surface area contributed by atoms with E-state index in [0.29, 0.717) is 32.4 Å². The number of ether oxygens (including phenoxy) is 2. The number of rotatable bonds is 8. The Morgan fingerprint density at radius 1 is 0.647 bits per heavy atom. The summed E-state index contributed by atoms with van der Waals surface area (Å²) in [6.45, 7) is 0.541. The van der Waals surface area contributed by atoms with E-state index in [9.17, 15) is 19.2 Å². The van der Waals surface area contributed by atoms with Gasteiger partial charge in [0.25, 0.3) is 22.3 Å². The summed E-state index contributed by atoms with van der Waals surface area (Å²) in [5.74, 6) is 0.312. The molecule has 0 saturated carbocycles. The first-order valence-electron chi connectivity index (χ1n) is 10.1. The summed E-state index contributed by atoms with van der Waals surface area (Å²) in [5, 5.41) is 3.66. The molecule has 0 radical (unpaired) electrons. The molecule has 2 aliphatic heterocycles. The molecule has 8 nitrogen and oxygen atoms in total. The Hall–Kier alpha value is -3.76. The van der Waals surface area contributed by atoms with Crippen LogP contribution in [0.25, 0.3) is 12.2 Å². The van der Waals surface area contributed by atoms with Crippen LogP contribution < -0.4 is 20.1 Å². The molecule has 2 aromatic carbocycles. The Kier molecular flexibility index (Phi) is 7.51. The molecule has 10 heteroatoms. The second-order valence-electron chi connectivity index (χ2n) is 6.87. The third-order valence-corrected chi connectivity index (χ3v) is 6.15. The molecular formula is C24H18N2O6S2. The third kappa shape index (κ3) is 5.97. The highest BCUT2D eigenvalue weighted by Gasteiger charge is 2.26. The minimum Gasteiger partial charge on any atom is -0.489 e. The van der Waals surface area contributed by atoms with Crippen molar-refractivity contribution in [2.45, 2.75) is 0 Å². The first-order chi connectivity index (χ1) is 16.5. The standard InChI is InChI=1S/C24H18N2O6S2/c27-21-19(33-23(29)25-21)13-15-7-1-3-9-17(15)31-11-5-6-12-32-18-10-4-2-8-16(18)14-20-22(28)26-24(30)34-20/h1-10,13-14H,11-12H2,(H,25,27,29)(H,26,28,30). The van der Waals surface area contributed by atoms with Crippen LogP contribution in [0.15, 0.2) is 70.5 Å². The Morgan fingerprint density at radius 3 is 1.44 bits per heavy atom. The Bertz CT molecular complexity index is 1160. The number of thioether (sulfide) groups is 2. The normalized spacial score (nSPS) is 18.1. The molecular weight excluding hydrogens is 476 g/mol. The van der Waals surface area contributed by atoms with Gasteiger partial charge in [-0.2, -0.15) is 0 Å². The van der Waals surface area contributed by atoms with Crippen LogP contribution in [-0.2, 0) is 9.59 Å². The fraction of sp³-hybridized carbons (Fsp3) is 0.0833. The monoisotopic (exact) mass is 494 g/mol. The average Bonchev–Trinajstić information content (AvgIpc) is 3.31. The van der Waals surface area contributed by atoms with Gasteiger partial charge in [-0.3, -0.25) is 29.8 Å². The molecule has 4 amide bonds. The minimum atomic E-state index is -0.420. The van der Waals surface area contributed by atoms with Gasteiger partial charge in [0, 0.05) is 11.1 Å². The molecule has 2 fully saturated rings.